The van der Waals surface area contributed by atoms with Crippen LogP contribution in [0.4, 0.5) is 10.5 Å². The van der Waals surface area contributed by atoms with Crippen LogP contribution in [-0.2, 0) is 20.4 Å². The third-order valence-corrected chi connectivity index (χ3v) is 9.49. The van der Waals surface area contributed by atoms with Gasteiger partial charge in [-0.1, -0.05) is 58.0 Å². The van der Waals surface area contributed by atoms with E-state index in [1.807, 2.05) is 18.2 Å². The fraction of sp³-hybridized carbons (Fsp3) is 0.469. The van der Waals surface area contributed by atoms with Gasteiger partial charge in [0.1, 0.15) is 0 Å². The molecule has 206 valence electrons. The van der Waals surface area contributed by atoms with E-state index in [9.17, 15) is 9.59 Å². The standard InChI is InChI=1S/C32H39N3O3S/c1-21(38-30(37)33-24-9-7-6-8-10-24)29(36)35-17-13-22(14-18-35)28-34-27(20-39-28)23-11-12-25-26(19-23)32(4,5)16-15-31(25,2)3/h6-12,19-22H,13-18H2,1-5H3,(H,33,37). The van der Waals surface area contributed by atoms with E-state index in [-0.39, 0.29) is 16.7 Å². The molecule has 1 aromatic heterocycles. The molecule has 0 saturated carbocycles. The lowest BCUT2D eigenvalue weighted by atomic mass is 9.63. The molecule has 1 N–H and O–H groups in total. The third kappa shape index (κ3) is 5.88. The van der Waals surface area contributed by atoms with Gasteiger partial charge in [0, 0.05) is 35.6 Å². The van der Waals surface area contributed by atoms with Gasteiger partial charge >= 0.3 is 6.09 Å². The van der Waals surface area contributed by atoms with Crippen molar-refractivity contribution >= 4 is 29.0 Å². The minimum atomic E-state index is -0.838. The summed E-state index contributed by atoms with van der Waals surface area (Å²) in [6, 6.07) is 16.0. The van der Waals surface area contributed by atoms with E-state index in [0.717, 1.165) is 23.5 Å². The zero-order valence-electron chi connectivity index (χ0n) is 23.6. The Hall–Kier alpha value is -3.19. The van der Waals surface area contributed by atoms with Crippen molar-refractivity contribution < 1.29 is 14.3 Å². The highest BCUT2D eigenvalue weighted by Gasteiger charge is 2.37. The number of likely N-dealkylation sites (tertiary alicyclic amines) is 1. The highest BCUT2D eigenvalue weighted by atomic mass is 32.1. The van der Waals surface area contributed by atoms with Crippen molar-refractivity contribution in [1.29, 1.82) is 0 Å². The number of nitrogens with one attached hydrogen (secondary N) is 1. The van der Waals surface area contributed by atoms with Gasteiger partial charge in [-0.15, -0.1) is 11.3 Å². The number of fused-ring (bicyclic) bond motifs is 1. The van der Waals surface area contributed by atoms with Crippen LogP contribution in [0.25, 0.3) is 11.3 Å². The Balaban J connectivity index is 1.19. The van der Waals surface area contributed by atoms with E-state index in [0.29, 0.717) is 24.7 Å². The zero-order chi connectivity index (χ0) is 27.8. The molecule has 2 heterocycles. The van der Waals surface area contributed by atoms with Crippen molar-refractivity contribution in [2.75, 3.05) is 18.4 Å². The molecule has 39 heavy (non-hydrogen) atoms. The smallest absolute Gasteiger partial charge is 0.412 e. The molecule has 7 heteroatoms. The van der Waals surface area contributed by atoms with Gasteiger partial charge in [-0.3, -0.25) is 10.1 Å². The number of carbonyl (C=O) groups excluding carboxylic acids is 2. The van der Waals surface area contributed by atoms with Gasteiger partial charge < -0.3 is 9.64 Å². The van der Waals surface area contributed by atoms with Crippen LogP contribution < -0.4 is 5.32 Å². The van der Waals surface area contributed by atoms with Gasteiger partial charge in [0.15, 0.2) is 6.10 Å². The Labute approximate surface area is 235 Å². The molecule has 1 aliphatic carbocycles. The summed E-state index contributed by atoms with van der Waals surface area (Å²) < 4.78 is 5.35. The lowest BCUT2D eigenvalue weighted by Gasteiger charge is -2.42. The second-order valence-electron chi connectivity index (χ2n) is 12.2. The Bertz CT molecular complexity index is 1340. The normalized spacial score (nSPS) is 19.2. The predicted octanol–water partition coefficient (Wildman–Crippen LogP) is 7.50. The highest BCUT2D eigenvalue weighted by molar-refractivity contribution is 7.10. The molecule has 0 spiro atoms. The molecule has 0 radical (unpaired) electrons. The van der Waals surface area contributed by atoms with Crippen molar-refractivity contribution in [2.45, 2.75) is 83.2 Å². The summed E-state index contributed by atoms with van der Waals surface area (Å²) in [4.78, 5) is 32.0. The lowest BCUT2D eigenvalue weighted by molar-refractivity contribution is -0.140. The maximum absolute atomic E-state index is 12.9. The van der Waals surface area contributed by atoms with Crippen molar-refractivity contribution in [2.24, 2.45) is 0 Å². The second-order valence-corrected chi connectivity index (χ2v) is 13.1. The number of benzene rings is 2. The second kappa shape index (κ2) is 10.8. The molecule has 2 aliphatic rings. The first-order valence-electron chi connectivity index (χ1n) is 14.0. The van der Waals surface area contributed by atoms with Gasteiger partial charge in [0.05, 0.1) is 10.7 Å². The fourth-order valence-corrected chi connectivity index (χ4v) is 6.84. The molecular formula is C32H39N3O3S. The number of aromatic nitrogens is 1. The summed E-state index contributed by atoms with van der Waals surface area (Å²) in [7, 11) is 0. The predicted molar refractivity (Wildman–Crippen MR) is 157 cm³/mol. The third-order valence-electron chi connectivity index (χ3n) is 8.48. The van der Waals surface area contributed by atoms with Gasteiger partial charge in [-0.05, 0) is 72.8 Å². The van der Waals surface area contributed by atoms with Crippen molar-refractivity contribution in [1.82, 2.24) is 9.88 Å². The number of rotatable bonds is 5. The van der Waals surface area contributed by atoms with Crippen LogP contribution in [-0.4, -0.2) is 41.1 Å². The average Bonchev–Trinajstić information content (AvgIpc) is 3.42. The maximum atomic E-state index is 12.9. The summed E-state index contributed by atoms with van der Waals surface area (Å²) in [6.07, 6.45) is 2.65. The molecule has 6 nitrogen and oxygen atoms in total. The first-order chi connectivity index (χ1) is 18.5. The van der Waals surface area contributed by atoms with E-state index < -0.39 is 12.2 Å². The summed E-state index contributed by atoms with van der Waals surface area (Å²) in [5.41, 5.74) is 6.15. The van der Waals surface area contributed by atoms with Crippen molar-refractivity contribution in [3.63, 3.8) is 0 Å². The average molecular weight is 546 g/mol. The molecular weight excluding hydrogens is 506 g/mol. The van der Waals surface area contributed by atoms with Gasteiger partial charge in [-0.2, -0.15) is 0 Å². The van der Waals surface area contributed by atoms with Crippen LogP contribution in [0.1, 0.15) is 82.4 Å². The van der Waals surface area contributed by atoms with E-state index in [2.05, 4.69) is 56.6 Å². The minimum Gasteiger partial charge on any atom is -0.436 e. The number of para-hydroxylation sites is 1. The van der Waals surface area contributed by atoms with Crippen LogP contribution in [0.5, 0.6) is 0 Å². The number of hydrogen-bond acceptors (Lipinski definition) is 5. The van der Waals surface area contributed by atoms with Gasteiger partial charge in [0.25, 0.3) is 5.91 Å². The molecule has 1 saturated heterocycles. The fourth-order valence-electron chi connectivity index (χ4n) is 5.84. The van der Waals surface area contributed by atoms with Crippen LogP contribution in [0.2, 0.25) is 0 Å². The Morgan fingerprint density at radius 1 is 1.00 bits per heavy atom. The summed E-state index contributed by atoms with van der Waals surface area (Å²) >= 11 is 1.72. The largest absolute Gasteiger partial charge is 0.436 e. The van der Waals surface area contributed by atoms with Crippen LogP contribution in [0.3, 0.4) is 0 Å². The first kappa shape index (κ1) is 27.4. The van der Waals surface area contributed by atoms with Crippen LogP contribution >= 0.6 is 11.3 Å². The topological polar surface area (TPSA) is 71.5 Å². The number of thiazole rings is 1. The van der Waals surface area contributed by atoms with Crippen LogP contribution in [0, 0.1) is 0 Å². The Kier molecular flexibility index (Phi) is 7.55. The van der Waals surface area contributed by atoms with E-state index in [1.54, 1.807) is 35.3 Å². The van der Waals surface area contributed by atoms with Crippen LogP contribution in [0.15, 0.2) is 53.9 Å². The maximum Gasteiger partial charge on any atom is 0.412 e. The Morgan fingerprint density at radius 3 is 2.36 bits per heavy atom. The molecule has 0 bridgehead atoms. The van der Waals surface area contributed by atoms with E-state index >= 15 is 0 Å². The number of piperidine rings is 1. The summed E-state index contributed by atoms with van der Waals surface area (Å²) in [5.74, 6) is 0.175. The number of ether oxygens (including phenoxy) is 1. The zero-order valence-corrected chi connectivity index (χ0v) is 24.4. The number of anilines is 1. The quantitative estimate of drug-likeness (QED) is 0.360. The molecule has 2 amide bonds. The number of amides is 2. The molecule has 1 fully saturated rings. The minimum absolute atomic E-state index is 0.156. The van der Waals surface area contributed by atoms with Crippen molar-refractivity contribution in [3.8, 4) is 11.3 Å². The molecule has 2 aromatic carbocycles. The first-order valence-corrected chi connectivity index (χ1v) is 14.8. The molecule has 1 unspecified atom stereocenters. The van der Waals surface area contributed by atoms with Gasteiger partial charge in [-0.25, -0.2) is 9.78 Å². The van der Waals surface area contributed by atoms with Crippen molar-refractivity contribution in [3.05, 3.63) is 70.0 Å². The van der Waals surface area contributed by atoms with E-state index in [1.165, 1.54) is 29.5 Å². The number of nitrogens with zero attached hydrogens (tertiary/aromatic N) is 2. The monoisotopic (exact) mass is 545 g/mol. The lowest BCUT2D eigenvalue weighted by Crippen LogP contribution is -2.44. The molecule has 5 rings (SSSR count). The highest BCUT2D eigenvalue weighted by Crippen LogP contribution is 2.47. The van der Waals surface area contributed by atoms with E-state index in [4.69, 9.17) is 9.72 Å². The molecule has 1 aliphatic heterocycles. The summed E-state index contributed by atoms with van der Waals surface area (Å²) in [5, 5.41) is 5.98. The SMILES string of the molecule is CC(OC(=O)Nc1ccccc1)C(=O)N1CCC(c2nc(-c3ccc4c(c3)C(C)(C)CCC4(C)C)cs2)CC1. The number of hydrogen-bond donors (Lipinski definition) is 1. The summed E-state index contributed by atoms with van der Waals surface area (Å²) in [6.45, 7) is 12.3. The van der Waals surface area contributed by atoms with Gasteiger partial charge in [0.2, 0.25) is 0 Å². The Morgan fingerprint density at radius 2 is 1.67 bits per heavy atom. The number of carbonyl (C=O) groups is 2. The molecule has 3 aromatic rings. The molecule has 1 atom stereocenters.